The minimum Gasteiger partial charge on any atom is -0.370 e. The van der Waals surface area contributed by atoms with Crippen LogP contribution in [0.4, 0.5) is 14.6 Å². The van der Waals surface area contributed by atoms with E-state index in [1.807, 2.05) is 0 Å². The van der Waals surface area contributed by atoms with E-state index in [2.05, 4.69) is 10.4 Å². The number of halogens is 2. The van der Waals surface area contributed by atoms with Crippen molar-refractivity contribution in [1.82, 2.24) is 14.7 Å². The number of hydrogen-bond acceptors (Lipinski definition) is 3. The number of nitrogens with zero attached hydrogens (tertiary/aromatic N) is 3. The molecule has 0 fully saturated rings. The molecule has 1 aromatic rings. The Morgan fingerprint density at radius 2 is 2.35 bits per heavy atom. The van der Waals surface area contributed by atoms with Crippen LogP contribution >= 0.6 is 0 Å². The molecule has 1 aliphatic rings. The van der Waals surface area contributed by atoms with Crippen LogP contribution in [0.5, 0.6) is 0 Å². The van der Waals surface area contributed by atoms with Gasteiger partial charge in [0.25, 0.3) is 12.3 Å². The normalized spacial score (nSPS) is 18.8. The van der Waals surface area contributed by atoms with E-state index in [0.29, 0.717) is 24.3 Å². The molecule has 1 N–H and O–H groups in total. The first kappa shape index (κ1) is 11.8. The molecular formula is C10H14F2N4O. The van der Waals surface area contributed by atoms with E-state index < -0.39 is 12.5 Å². The fourth-order valence-electron chi connectivity index (χ4n) is 1.88. The van der Waals surface area contributed by atoms with Gasteiger partial charge >= 0.3 is 0 Å². The molecule has 1 aliphatic heterocycles. The number of carbonyl (C=O) groups is 1. The zero-order chi connectivity index (χ0) is 12.6. The quantitative estimate of drug-likeness (QED) is 0.850. The van der Waals surface area contributed by atoms with Crippen molar-refractivity contribution in [3.63, 3.8) is 0 Å². The van der Waals surface area contributed by atoms with Gasteiger partial charge in [0.05, 0.1) is 6.20 Å². The number of nitrogens with one attached hydrogen (secondary N) is 1. The summed E-state index contributed by atoms with van der Waals surface area (Å²) in [6, 6.07) is -0.949. The molecule has 2 heterocycles. The highest BCUT2D eigenvalue weighted by Crippen LogP contribution is 2.30. The van der Waals surface area contributed by atoms with E-state index in [1.165, 1.54) is 15.8 Å². The predicted molar refractivity (Wildman–Crippen MR) is 58.4 cm³/mol. The van der Waals surface area contributed by atoms with Crippen molar-refractivity contribution >= 4 is 11.7 Å². The van der Waals surface area contributed by atoms with Crippen molar-refractivity contribution in [2.24, 2.45) is 0 Å². The van der Waals surface area contributed by atoms with Gasteiger partial charge in [0.2, 0.25) is 0 Å². The summed E-state index contributed by atoms with van der Waals surface area (Å²) in [6.45, 7) is 0.425. The number of aromatic nitrogens is 2. The van der Waals surface area contributed by atoms with Crippen LogP contribution in [-0.4, -0.2) is 47.7 Å². The Labute approximate surface area is 97.4 Å². The highest BCUT2D eigenvalue weighted by Gasteiger charge is 2.31. The van der Waals surface area contributed by atoms with Gasteiger partial charge in [0.15, 0.2) is 0 Å². The van der Waals surface area contributed by atoms with Crippen LogP contribution in [0.2, 0.25) is 0 Å². The molecular weight excluding hydrogens is 230 g/mol. The summed E-state index contributed by atoms with van der Waals surface area (Å²) in [5, 5.41) is 6.84. The molecule has 1 amide bonds. The van der Waals surface area contributed by atoms with Gasteiger partial charge < -0.3 is 10.2 Å². The van der Waals surface area contributed by atoms with Gasteiger partial charge in [0.1, 0.15) is 17.4 Å². The highest BCUT2D eigenvalue weighted by molar-refractivity contribution is 5.98. The molecule has 1 atom stereocenters. The molecule has 1 aromatic heterocycles. The first-order valence-electron chi connectivity index (χ1n) is 5.33. The van der Waals surface area contributed by atoms with Gasteiger partial charge in [-0.1, -0.05) is 0 Å². The van der Waals surface area contributed by atoms with E-state index in [1.54, 1.807) is 14.1 Å². The summed E-state index contributed by atoms with van der Waals surface area (Å²) in [4.78, 5) is 13.2. The Morgan fingerprint density at radius 1 is 1.65 bits per heavy atom. The van der Waals surface area contributed by atoms with Crippen LogP contribution < -0.4 is 5.32 Å². The Hall–Kier alpha value is -1.66. The second-order valence-electron chi connectivity index (χ2n) is 4.17. The predicted octanol–water partition coefficient (Wildman–Crippen LogP) is 1.21. The lowest BCUT2D eigenvalue weighted by Gasteiger charge is -2.25. The SMILES string of the molecule is CN(C)C(=O)c1cnn2c1NCCC2C(F)F. The zero-order valence-electron chi connectivity index (χ0n) is 9.65. The van der Waals surface area contributed by atoms with Gasteiger partial charge in [-0.2, -0.15) is 5.10 Å². The molecule has 0 spiro atoms. The van der Waals surface area contributed by atoms with Crippen LogP contribution in [0, 0.1) is 0 Å². The van der Waals surface area contributed by atoms with Crippen molar-refractivity contribution in [3.8, 4) is 0 Å². The fourth-order valence-corrected chi connectivity index (χ4v) is 1.88. The standard InChI is InChI=1S/C10H14F2N4O/c1-15(2)10(17)6-5-14-16-7(8(11)12)3-4-13-9(6)16/h5,7-8,13H,3-4H2,1-2H3. The number of carbonyl (C=O) groups excluding carboxylic acids is 1. The monoisotopic (exact) mass is 244 g/mol. The number of rotatable bonds is 2. The molecule has 0 aliphatic carbocycles. The summed E-state index contributed by atoms with van der Waals surface area (Å²) < 4.78 is 26.8. The average Bonchev–Trinajstić information content (AvgIpc) is 2.70. The second-order valence-corrected chi connectivity index (χ2v) is 4.17. The van der Waals surface area contributed by atoms with E-state index in [0.717, 1.165) is 0 Å². The molecule has 5 nitrogen and oxygen atoms in total. The van der Waals surface area contributed by atoms with Crippen LogP contribution in [0.15, 0.2) is 6.20 Å². The van der Waals surface area contributed by atoms with E-state index in [-0.39, 0.29) is 5.91 Å². The highest BCUT2D eigenvalue weighted by atomic mass is 19.3. The number of amides is 1. The molecule has 0 saturated carbocycles. The Kier molecular flexibility index (Phi) is 2.99. The second kappa shape index (κ2) is 4.31. The number of hydrogen-bond donors (Lipinski definition) is 1. The number of fused-ring (bicyclic) bond motifs is 1. The largest absolute Gasteiger partial charge is 0.370 e. The van der Waals surface area contributed by atoms with Crippen LogP contribution in [0.3, 0.4) is 0 Å². The molecule has 0 aromatic carbocycles. The number of anilines is 1. The summed E-state index contributed by atoms with van der Waals surface area (Å²) in [7, 11) is 3.22. The third-order valence-electron chi connectivity index (χ3n) is 2.77. The fraction of sp³-hybridized carbons (Fsp3) is 0.600. The van der Waals surface area contributed by atoms with Gasteiger partial charge in [-0.05, 0) is 6.42 Å². The lowest BCUT2D eigenvalue weighted by atomic mass is 10.1. The Bertz CT molecular complexity index is 430. The summed E-state index contributed by atoms with van der Waals surface area (Å²) >= 11 is 0. The maximum absolute atomic E-state index is 12.8. The van der Waals surface area contributed by atoms with Gasteiger partial charge in [-0.3, -0.25) is 4.79 Å². The van der Waals surface area contributed by atoms with Crippen molar-refractivity contribution in [1.29, 1.82) is 0 Å². The molecule has 2 rings (SSSR count). The lowest BCUT2D eigenvalue weighted by molar-refractivity contribution is 0.0710. The first-order chi connectivity index (χ1) is 8.02. The molecule has 0 saturated heterocycles. The molecule has 94 valence electrons. The van der Waals surface area contributed by atoms with Gasteiger partial charge in [-0.15, -0.1) is 0 Å². The van der Waals surface area contributed by atoms with Crippen LogP contribution in [-0.2, 0) is 0 Å². The molecule has 1 unspecified atom stereocenters. The maximum atomic E-state index is 12.8. The Balaban J connectivity index is 2.38. The Morgan fingerprint density at radius 3 is 2.94 bits per heavy atom. The van der Waals surface area contributed by atoms with Crippen molar-refractivity contribution in [2.75, 3.05) is 26.0 Å². The number of alkyl halides is 2. The van der Waals surface area contributed by atoms with E-state index in [4.69, 9.17) is 0 Å². The van der Waals surface area contributed by atoms with Gasteiger partial charge in [0, 0.05) is 20.6 Å². The van der Waals surface area contributed by atoms with Crippen LogP contribution in [0.25, 0.3) is 0 Å². The van der Waals surface area contributed by atoms with Crippen molar-refractivity contribution in [2.45, 2.75) is 18.9 Å². The smallest absolute Gasteiger partial charge is 0.260 e. The first-order valence-corrected chi connectivity index (χ1v) is 5.33. The zero-order valence-corrected chi connectivity index (χ0v) is 9.65. The van der Waals surface area contributed by atoms with Gasteiger partial charge in [-0.25, -0.2) is 13.5 Å². The molecule has 0 radical (unpaired) electrons. The third kappa shape index (κ3) is 1.96. The van der Waals surface area contributed by atoms with E-state index in [9.17, 15) is 13.6 Å². The lowest BCUT2D eigenvalue weighted by Crippen LogP contribution is -2.30. The minimum absolute atomic E-state index is 0.242. The van der Waals surface area contributed by atoms with Crippen molar-refractivity contribution < 1.29 is 13.6 Å². The maximum Gasteiger partial charge on any atom is 0.260 e. The van der Waals surface area contributed by atoms with Crippen LogP contribution in [0.1, 0.15) is 22.8 Å². The molecule has 17 heavy (non-hydrogen) atoms. The van der Waals surface area contributed by atoms with E-state index >= 15 is 0 Å². The summed E-state index contributed by atoms with van der Waals surface area (Å²) in [5.41, 5.74) is 0.334. The molecule has 0 bridgehead atoms. The third-order valence-corrected chi connectivity index (χ3v) is 2.77. The molecule has 7 heteroatoms. The average molecular weight is 244 g/mol. The summed E-state index contributed by atoms with van der Waals surface area (Å²) in [6.07, 6.45) is -0.828. The van der Waals surface area contributed by atoms with Crippen molar-refractivity contribution in [3.05, 3.63) is 11.8 Å². The topological polar surface area (TPSA) is 50.2 Å². The minimum atomic E-state index is -2.47. The summed E-state index contributed by atoms with van der Waals surface area (Å²) in [5.74, 6) is 0.147.